The number of ether oxygens (including phenoxy) is 1. The molecule has 0 aliphatic rings. The number of aromatic nitrogens is 2. The van der Waals surface area contributed by atoms with Crippen molar-refractivity contribution in [3.05, 3.63) is 84.4 Å². The Hall–Kier alpha value is -2.55. The number of nitrogens with zero attached hydrogens (tertiary/aromatic N) is 2. The van der Waals surface area contributed by atoms with Gasteiger partial charge in [-0.25, -0.2) is 4.98 Å². The molecule has 3 heteroatoms. The summed E-state index contributed by atoms with van der Waals surface area (Å²) in [4.78, 5) is 4.12. The van der Waals surface area contributed by atoms with Crippen molar-refractivity contribution >= 4 is 0 Å². The van der Waals surface area contributed by atoms with Gasteiger partial charge >= 0.3 is 0 Å². The summed E-state index contributed by atoms with van der Waals surface area (Å²) in [6.07, 6.45) is 8.87. The zero-order valence-electron chi connectivity index (χ0n) is 16.6. The SMILES string of the molecule is CC(C)(C)c1ccc(OC(CCCn2ccnc2)Cc2ccccc2)cc1. The first kappa shape index (κ1) is 19.2. The van der Waals surface area contributed by atoms with Crippen LogP contribution in [-0.2, 0) is 18.4 Å². The normalized spacial score (nSPS) is 12.7. The third-order valence-electron chi connectivity index (χ3n) is 4.83. The molecule has 3 nitrogen and oxygen atoms in total. The number of aryl methyl sites for hydroxylation is 1. The zero-order valence-corrected chi connectivity index (χ0v) is 16.6. The molecule has 2 aromatic carbocycles. The molecule has 0 aliphatic carbocycles. The van der Waals surface area contributed by atoms with Crippen LogP contribution >= 0.6 is 0 Å². The van der Waals surface area contributed by atoms with E-state index in [1.165, 1.54) is 11.1 Å². The fraction of sp³-hybridized carbons (Fsp3) is 0.375. The predicted molar refractivity (Wildman–Crippen MR) is 111 cm³/mol. The average molecular weight is 363 g/mol. The molecule has 1 heterocycles. The van der Waals surface area contributed by atoms with Crippen LogP contribution in [0.1, 0.15) is 44.7 Å². The Bertz CT molecular complexity index is 787. The van der Waals surface area contributed by atoms with E-state index in [4.69, 9.17) is 4.74 Å². The van der Waals surface area contributed by atoms with Crippen LogP contribution in [0.25, 0.3) is 0 Å². The van der Waals surface area contributed by atoms with Crippen LogP contribution in [0.15, 0.2) is 73.3 Å². The van der Waals surface area contributed by atoms with Crippen LogP contribution in [0, 0.1) is 0 Å². The summed E-state index contributed by atoms with van der Waals surface area (Å²) in [5.74, 6) is 0.951. The largest absolute Gasteiger partial charge is 0.490 e. The molecule has 0 N–H and O–H groups in total. The van der Waals surface area contributed by atoms with Gasteiger partial charge in [-0.1, -0.05) is 63.2 Å². The first-order chi connectivity index (χ1) is 13.0. The summed E-state index contributed by atoms with van der Waals surface area (Å²) in [6, 6.07) is 19.2. The fourth-order valence-corrected chi connectivity index (χ4v) is 3.23. The zero-order chi connectivity index (χ0) is 19.1. The van der Waals surface area contributed by atoms with E-state index in [2.05, 4.69) is 84.9 Å². The van der Waals surface area contributed by atoms with Crippen molar-refractivity contribution in [2.24, 2.45) is 0 Å². The van der Waals surface area contributed by atoms with Crippen molar-refractivity contribution < 1.29 is 4.74 Å². The summed E-state index contributed by atoms with van der Waals surface area (Å²) in [6.45, 7) is 7.67. The van der Waals surface area contributed by atoms with Gasteiger partial charge in [-0.05, 0) is 41.5 Å². The van der Waals surface area contributed by atoms with E-state index in [9.17, 15) is 0 Å². The second kappa shape index (κ2) is 8.90. The van der Waals surface area contributed by atoms with Crippen molar-refractivity contribution in [1.82, 2.24) is 9.55 Å². The molecule has 142 valence electrons. The molecule has 3 aromatic rings. The lowest BCUT2D eigenvalue weighted by Crippen LogP contribution is -2.20. The van der Waals surface area contributed by atoms with Crippen LogP contribution < -0.4 is 4.74 Å². The Morgan fingerprint density at radius 1 is 1.00 bits per heavy atom. The second-order valence-electron chi connectivity index (χ2n) is 8.15. The monoisotopic (exact) mass is 362 g/mol. The maximum Gasteiger partial charge on any atom is 0.119 e. The van der Waals surface area contributed by atoms with Gasteiger partial charge in [-0.15, -0.1) is 0 Å². The highest BCUT2D eigenvalue weighted by Crippen LogP contribution is 2.25. The Morgan fingerprint density at radius 2 is 1.74 bits per heavy atom. The smallest absolute Gasteiger partial charge is 0.119 e. The Labute approximate surface area is 163 Å². The van der Waals surface area contributed by atoms with Crippen molar-refractivity contribution in [1.29, 1.82) is 0 Å². The summed E-state index contributed by atoms with van der Waals surface area (Å²) in [5, 5.41) is 0. The van der Waals surface area contributed by atoms with Crippen LogP contribution in [0.3, 0.4) is 0 Å². The molecule has 3 rings (SSSR count). The number of hydrogen-bond donors (Lipinski definition) is 0. The van der Waals surface area contributed by atoms with E-state index >= 15 is 0 Å². The molecular formula is C24H30N2O. The second-order valence-corrected chi connectivity index (χ2v) is 8.15. The van der Waals surface area contributed by atoms with Gasteiger partial charge in [0.25, 0.3) is 0 Å². The van der Waals surface area contributed by atoms with Gasteiger partial charge in [0.05, 0.1) is 6.33 Å². The van der Waals surface area contributed by atoms with Crippen molar-refractivity contribution in [2.45, 2.75) is 58.1 Å². The quantitative estimate of drug-likeness (QED) is 0.518. The topological polar surface area (TPSA) is 27.1 Å². The molecule has 0 radical (unpaired) electrons. The molecular weight excluding hydrogens is 332 g/mol. The highest BCUT2D eigenvalue weighted by atomic mass is 16.5. The lowest BCUT2D eigenvalue weighted by atomic mass is 9.87. The molecule has 0 aliphatic heterocycles. The third-order valence-corrected chi connectivity index (χ3v) is 4.83. The van der Waals surface area contributed by atoms with Crippen molar-refractivity contribution in [3.63, 3.8) is 0 Å². The van der Waals surface area contributed by atoms with Crippen LogP contribution in [0.2, 0.25) is 0 Å². The molecule has 27 heavy (non-hydrogen) atoms. The molecule has 0 saturated heterocycles. The Balaban J connectivity index is 1.64. The molecule has 1 unspecified atom stereocenters. The highest BCUT2D eigenvalue weighted by molar-refractivity contribution is 5.31. The van der Waals surface area contributed by atoms with Crippen molar-refractivity contribution in [2.75, 3.05) is 0 Å². The Morgan fingerprint density at radius 3 is 2.37 bits per heavy atom. The van der Waals surface area contributed by atoms with Crippen LogP contribution in [0.4, 0.5) is 0 Å². The van der Waals surface area contributed by atoms with Gasteiger partial charge in [-0.3, -0.25) is 0 Å². The van der Waals surface area contributed by atoms with Crippen molar-refractivity contribution in [3.8, 4) is 5.75 Å². The maximum atomic E-state index is 6.38. The van der Waals surface area contributed by atoms with E-state index in [0.29, 0.717) is 0 Å². The number of benzene rings is 2. The van der Waals surface area contributed by atoms with Gasteiger partial charge in [0, 0.05) is 25.4 Å². The van der Waals surface area contributed by atoms with Crippen LogP contribution in [-0.4, -0.2) is 15.7 Å². The maximum absolute atomic E-state index is 6.38. The van der Waals surface area contributed by atoms with E-state index in [-0.39, 0.29) is 11.5 Å². The summed E-state index contributed by atoms with van der Waals surface area (Å²) in [7, 11) is 0. The van der Waals surface area contributed by atoms with Gasteiger partial charge in [0.15, 0.2) is 0 Å². The molecule has 0 saturated carbocycles. The minimum Gasteiger partial charge on any atom is -0.490 e. The first-order valence-electron chi connectivity index (χ1n) is 9.77. The highest BCUT2D eigenvalue weighted by Gasteiger charge is 2.15. The van der Waals surface area contributed by atoms with Gasteiger partial charge in [-0.2, -0.15) is 0 Å². The summed E-state index contributed by atoms with van der Waals surface area (Å²) >= 11 is 0. The predicted octanol–water partition coefficient (Wildman–Crippen LogP) is 5.65. The van der Waals surface area contributed by atoms with E-state index in [0.717, 1.165) is 31.6 Å². The number of hydrogen-bond acceptors (Lipinski definition) is 2. The molecule has 0 amide bonds. The van der Waals surface area contributed by atoms with Gasteiger partial charge in [0.2, 0.25) is 0 Å². The summed E-state index contributed by atoms with van der Waals surface area (Å²) < 4.78 is 8.50. The molecule has 0 fully saturated rings. The third kappa shape index (κ3) is 5.99. The lowest BCUT2D eigenvalue weighted by Gasteiger charge is -2.22. The fourth-order valence-electron chi connectivity index (χ4n) is 3.23. The van der Waals surface area contributed by atoms with E-state index < -0.39 is 0 Å². The lowest BCUT2D eigenvalue weighted by molar-refractivity contribution is 0.186. The standard InChI is InChI=1S/C24H30N2O/c1-24(2,3)21-11-13-22(14-12-21)27-23(18-20-8-5-4-6-9-20)10-7-16-26-17-15-25-19-26/h4-6,8-9,11-15,17,19,23H,7,10,16,18H2,1-3H3. The number of rotatable bonds is 8. The molecule has 0 bridgehead atoms. The van der Waals surface area contributed by atoms with E-state index in [1.807, 2.05) is 18.7 Å². The minimum absolute atomic E-state index is 0.159. The summed E-state index contributed by atoms with van der Waals surface area (Å²) in [5.41, 5.74) is 2.80. The average Bonchev–Trinajstić information content (AvgIpc) is 3.16. The number of imidazole rings is 1. The van der Waals surface area contributed by atoms with Crippen LogP contribution in [0.5, 0.6) is 5.75 Å². The molecule has 1 aromatic heterocycles. The molecule has 1 atom stereocenters. The minimum atomic E-state index is 0.159. The first-order valence-corrected chi connectivity index (χ1v) is 9.77. The Kier molecular flexibility index (Phi) is 6.33. The van der Waals surface area contributed by atoms with Gasteiger partial charge in [0.1, 0.15) is 11.9 Å². The van der Waals surface area contributed by atoms with E-state index in [1.54, 1.807) is 0 Å². The molecule has 0 spiro atoms. The van der Waals surface area contributed by atoms with Gasteiger partial charge < -0.3 is 9.30 Å².